The van der Waals surface area contributed by atoms with E-state index in [-0.39, 0.29) is 17.7 Å². The molecule has 0 spiro atoms. The fraction of sp³-hybridized carbons (Fsp3) is 0.529. The molecule has 1 aliphatic rings. The number of rotatable bonds is 4. The molecule has 1 fully saturated rings. The normalized spacial score (nSPS) is 22.6. The zero-order valence-corrected chi connectivity index (χ0v) is 13.2. The Kier molecular flexibility index (Phi) is 4.66. The van der Waals surface area contributed by atoms with Crippen molar-refractivity contribution < 1.29 is 9.59 Å². The van der Waals surface area contributed by atoms with Crippen molar-refractivity contribution in [2.45, 2.75) is 52.6 Å². The first-order valence-corrected chi connectivity index (χ1v) is 7.72. The molecule has 1 aromatic carbocycles. The van der Waals surface area contributed by atoms with Crippen LogP contribution in [0.25, 0.3) is 0 Å². The van der Waals surface area contributed by atoms with Crippen LogP contribution in [0.4, 0.5) is 5.69 Å². The third-order valence-electron chi connectivity index (χ3n) is 4.04. The van der Waals surface area contributed by atoms with Gasteiger partial charge in [-0.05, 0) is 36.5 Å². The van der Waals surface area contributed by atoms with Gasteiger partial charge in [0.1, 0.15) is 12.1 Å². The summed E-state index contributed by atoms with van der Waals surface area (Å²) in [5.41, 5.74) is 1.99. The molecule has 0 aromatic heterocycles. The Hall–Kier alpha value is -1.84. The fourth-order valence-corrected chi connectivity index (χ4v) is 2.83. The first-order valence-electron chi connectivity index (χ1n) is 7.72. The zero-order chi connectivity index (χ0) is 15.6. The van der Waals surface area contributed by atoms with Crippen molar-refractivity contribution in [2.75, 3.05) is 4.90 Å². The molecule has 0 aliphatic carbocycles. The SMILES string of the molecule is CCc1cccc(N2C(=O)C(CC)NC(=O)C2C(C)C)c1. The molecule has 114 valence electrons. The molecule has 1 aliphatic heterocycles. The number of hydrogen-bond donors (Lipinski definition) is 1. The Labute approximate surface area is 126 Å². The molecule has 4 nitrogen and oxygen atoms in total. The monoisotopic (exact) mass is 288 g/mol. The van der Waals surface area contributed by atoms with Crippen LogP contribution in [0.15, 0.2) is 24.3 Å². The molecule has 1 heterocycles. The fourth-order valence-electron chi connectivity index (χ4n) is 2.83. The molecule has 21 heavy (non-hydrogen) atoms. The van der Waals surface area contributed by atoms with E-state index in [0.717, 1.165) is 12.1 Å². The first-order chi connectivity index (χ1) is 9.99. The molecule has 0 radical (unpaired) electrons. The third-order valence-corrected chi connectivity index (χ3v) is 4.04. The molecule has 2 amide bonds. The average molecular weight is 288 g/mol. The topological polar surface area (TPSA) is 49.4 Å². The van der Waals surface area contributed by atoms with Gasteiger partial charge in [-0.3, -0.25) is 14.5 Å². The summed E-state index contributed by atoms with van der Waals surface area (Å²) in [7, 11) is 0. The van der Waals surface area contributed by atoms with Crippen molar-refractivity contribution in [3.8, 4) is 0 Å². The van der Waals surface area contributed by atoms with Gasteiger partial charge in [0.15, 0.2) is 0 Å². The van der Waals surface area contributed by atoms with Crippen LogP contribution in [0.1, 0.15) is 39.7 Å². The second kappa shape index (κ2) is 6.29. The van der Waals surface area contributed by atoms with E-state index in [9.17, 15) is 9.59 Å². The number of nitrogens with zero attached hydrogens (tertiary/aromatic N) is 1. The van der Waals surface area contributed by atoms with Gasteiger partial charge in [-0.2, -0.15) is 0 Å². The van der Waals surface area contributed by atoms with E-state index in [0.29, 0.717) is 6.42 Å². The summed E-state index contributed by atoms with van der Waals surface area (Å²) in [6.45, 7) is 7.94. The summed E-state index contributed by atoms with van der Waals surface area (Å²) in [6, 6.07) is 7.06. The van der Waals surface area contributed by atoms with E-state index in [1.54, 1.807) is 4.90 Å². The van der Waals surface area contributed by atoms with Crippen LogP contribution in [-0.4, -0.2) is 23.9 Å². The number of carbonyl (C=O) groups excluding carboxylic acids is 2. The van der Waals surface area contributed by atoms with Crippen molar-refractivity contribution in [3.63, 3.8) is 0 Å². The van der Waals surface area contributed by atoms with Gasteiger partial charge in [0.25, 0.3) is 0 Å². The second-order valence-corrected chi connectivity index (χ2v) is 5.89. The Morgan fingerprint density at radius 1 is 1.24 bits per heavy atom. The molecule has 1 N–H and O–H groups in total. The van der Waals surface area contributed by atoms with Crippen molar-refractivity contribution in [1.29, 1.82) is 0 Å². The number of aryl methyl sites for hydroxylation is 1. The third kappa shape index (κ3) is 2.94. The van der Waals surface area contributed by atoms with E-state index in [1.165, 1.54) is 5.56 Å². The van der Waals surface area contributed by atoms with E-state index in [2.05, 4.69) is 12.2 Å². The maximum Gasteiger partial charge on any atom is 0.250 e. The number of carbonyl (C=O) groups is 2. The van der Waals surface area contributed by atoms with Gasteiger partial charge in [-0.15, -0.1) is 0 Å². The maximum absolute atomic E-state index is 12.7. The van der Waals surface area contributed by atoms with Gasteiger partial charge in [-0.1, -0.05) is 39.8 Å². The minimum Gasteiger partial charge on any atom is -0.342 e. The van der Waals surface area contributed by atoms with Crippen molar-refractivity contribution >= 4 is 17.5 Å². The van der Waals surface area contributed by atoms with Crippen LogP contribution >= 0.6 is 0 Å². The van der Waals surface area contributed by atoms with Gasteiger partial charge in [0, 0.05) is 5.69 Å². The molecule has 4 heteroatoms. The van der Waals surface area contributed by atoms with Crippen LogP contribution < -0.4 is 10.2 Å². The number of benzene rings is 1. The molecule has 0 saturated carbocycles. The van der Waals surface area contributed by atoms with Gasteiger partial charge in [-0.25, -0.2) is 0 Å². The van der Waals surface area contributed by atoms with Gasteiger partial charge < -0.3 is 5.32 Å². The first kappa shape index (κ1) is 15.5. The number of anilines is 1. The Bertz CT molecular complexity index is 539. The van der Waals surface area contributed by atoms with Crippen LogP contribution in [0.3, 0.4) is 0 Å². The summed E-state index contributed by atoms with van der Waals surface area (Å²) >= 11 is 0. The van der Waals surface area contributed by atoms with Crippen LogP contribution in [0.5, 0.6) is 0 Å². The average Bonchev–Trinajstić information content (AvgIpc) is 2.48. The highest BCUT2D eigenvalue weighted by molar-refractivity contribution is 6.08. The van der Waals surface area contributed by atoms with E-state index in [1.807, 2.05) is 45.0 Å². The smallest absolute Gasteiger partial charge is 0.250 e. The van der Waals surface area contributed by atoms with Gasteiger partial charge in [0.2, 0.25) is 11.8 Å². The lowest BCUT2D eigenvalue weighted by Gasteiger charge is -2.40. The highest BCUT2D eigenvalue weighted by Crippen LogP contribution is 2.27. The summed E-state index contributed by atoms with van der Waals surface area (Å²) < 4.78 is 0. The molecular weight excluding hydrogens is 264 g/mol. The molecular formula is C17H24N2O2. The Morgan fingerprint density at radius 3 is 2.52 bits per heavy atom. The van der Waals surface area contributed by atoms with Gasteiger partial charge >= 0.3 is 0 Å². The molecule has 1 aromatic rings. The van der Waals surface area contributed by atoms with Crippen molar-refractivity contribution in [1.82, 2.24) is 5.32 Å². The highest BCUT2D eigenvalue weighted by Gasteiger charge is 2.42. The maximum atomic E-state index is 12.7. The lowest BCUT2D eigenvalue weighted by atomic mass is 9.95. The molecule has 1 saturated heterocycles. The summed E-state index contributed by atoms with van der Waals surface area (Å²) in [6.07, 6.45) is 1.52. The second-order valence-electron chi connectivity index (χ2n) is 5.89. The Morgan fingerprint density at radius 2 is 1.95 bits per heavy atom. The number of amides is 2. The molecule has 2 rings (SSSR count). The van der Waals surface area contributed by atoms with Crippen LogP contribution in [-0.2, 0) is 16.0 Å². The predicted octanol–water partition coefficient (Wildman–Crippen LogP) is 2.52. The summed E-state index contributed by atoms with van der Waals surface area (Å²) in [5.74, 6) is -0.000515. The summed E-state index contributed by atoms with van der Waals surface area (Å²) in [5, 5.41) is 2.85. The van der Waals surface area contributed by atoms with E-state index >= 15 is 0 Å². The standard InChI is InChI=1S/C17H24N2O2/c1-5-12-8-7-9-13(10-12)19-15(11(3)4)16(20)18-14(6-2)17(19)21/h7-11,14-15H,5-6H2,1-4H3,(H,18,20). The van der Waals surface area contributed by atoms with E-state index in [4.69, 9.17) is 0 Å². The molecule has 2 atom stereocenters. The number of nitrogens with one attached hydrogen (secondary N) is 1. The number of hydrogen-bond acceptors (Lipinski definition) is 2. The summed E-state index contributed by atoms with van der Waals surface area (Å²) in [4.78, 5) is 26.8. The minimum atomic E-state index is -0.438. The molecule has 0 bridgehead atoms. The van der Waals surface area contributed by atoms with Crippen LogP contribution in [0.2, 0.25) is 0 Å². The lowest BCUT2D eigenvalue weighted by molar-refractivity contribution is -0.134. The Balaban J connectivity index is 2.46. The zero-order valence-electron chi connectivity index (χ0n) is 13.2. The quantitative estimate of drug-likeness (QED) is 0.925. The van der Waals surface area contributed by atoms with Crippen molar-refractivity contribution in [2.24, 2.45) is 5.92 Å². The highest BCUT2D eigenvalue weighted by atomic mass is 16.2. The molecule has 2 unspecified atom stereocenters. The predicted molar refractivity (Wildman–Crippen MR) is 84.2 cm³/mol. The minimum absolute atomic E-state index is 0.0101. The van der Waals surface area contributed by atoms with E-state index < -0.39 is 12.1 Å². The lowest BCUT2D eigenvalue weighted by Crippen LogP contribution is -2.65. The largest absolute Gasteiger partial charge is 0.342 e. The van der Waals surface area contributed by atoms with Gasteiger partial charge in [0.05, 0.1) is 0 Å². The van der Waals surface area contributed by atoms with Crippen molar-refractivity contribution in [3.05, 3.63) is 29.8 Å². The number of piperazine rings is 1. The van der Waals surface area contributed by atoms with Crippen LogP contribution in [0, 0.1) is 5.92 Å².